The summed E-state index contributed by atoms with van der Waals surface area (Å²) in [6.07, 6.45) is 6.69. The normalized spacial score (nSPS) is 17.7. The van der Waals surface area contributed by atoms with E-state index in [9.17, 15) is 5.11 Å². The Labute approximate surface area is 130 Å². The van der Waals surface area contributed by atoms with E-state index in [1.165, 1.54) is 25.6 Å². The molecular weight excluding hydrogens is 280 g/mol. The molecule has 0 aromatic carbocycles. The molecule has 0 radical (unpaired) electrons. The van der Waals surface area contributed by atoms with Crippen LogP contribution >= 0.6 is 0 Å². The maximum atomic E-state index is 10.2. The minimum Gasteiger partial charge on any atom is -0.390 e. The molecule has 0 amide bonds. The van der Waals surface area contributed by atoms with Crippen LogP contribution in [0.3, 0.4) is 0 Å². The van der Waals surface area contributed by atoms with Crippen molar-refractivity contribution >= 4 is 17.0 Å². The molecule has 1 saturated heterocycles. The Hall–Kier alpha value is -1.73. The first-order valence-electron chi connectivity index (χ1n) is 8.08. The number of β-amino-alcohol motifs (C(OH)–C–C–N with tert-alkyl or cyclic N) is 1. The molecule has 7 heteroatoms. The molecule has 0 bridgehead atoms. The van der Waals surface area contributed by atoms with E-state index < -0.39 is 6.10 Å². The number of likely N-dealkylation sites (tertiary alicyclic amines) is 1. The molecule has 120 valence electrons. The van der Waals surface area contributed by atoms with E-state index in [1.807, 2.05) is 4.57 Å². The average molecular weight is 304 g/mol. The number of nitrogens with zero attached hydrogens (tertiary/aromatic N) is 5. The topological polar surface area (TPSA) is 79.1 Å². The van der Waals surface area contributed by atoms with Gasteiger partial charge in [0.1, 0.15) is 11.8 Å². The maximum Gasteiger partial charge on any atom is 0.165 e. The molecule has 2 N–H and O–H groups in total. The number of aliphatic hydroxyl groups excluding tert-OH is 1. The summed E-state index contributed by atoms with van der Waals surface area (Å²) in [6, 6.07) is 0. The summed E-state index contributed by atoms with van der Waals surface area (Å²) in [5, 5.41) is 13.4. The highest BCUT2D eigenvalue weighted by Gasteiger charge is 2.15. The van der Waals surface area contributed by atoms with Gasteiger partial charge in [-0.2, -0.15) is 0 Å². The van der Waals surface area contributed by atoms with Crippen molar-refractivity contribution in [1.29, 1.82) is 0 Å². The molecule has 1 aliphatic rings. The van der Waals surface area contributed by atoms with Crippen LogP contribution in [0, 0.1) is 0 Å². The number of nitrogens with one attached hydrogen (secondary N) is 1. The van der Waals surface area contributed by atoms with E-state index in [2.05, 4.69) is 32.1 Å². The fraction of sp³-hybridized carbons (Fsp3) is 0.667. The highest BCUT2D eigenvalue weighted by atomic mass is 16.3. The van der Waals surface area contributed by atoms with Gasteiger partial charge in [-0.25, -0.2) is 15.0 Å². The minimum atomic E-state index is -0.406. The molecule has 3 rings (SSSR count). The molecule has 2 aromatic rings. The van der Waals surface area contributed by atoms with Gasteiger partial charge in [0.2, 0.25) is 0 Å². The third-order valence-corrected chi connectivity index (χ3v) is 4.16. The molecule has 0 saturated carbocycles. The van der Waals surface area contributed by atoms with Gasteiger partial charge < -0.3 is 19.9 Å². The number of aromatic nitrogens is 4. The number of imidazole rings is 1. The molecule has 2 aromatic heterocycles. The SMILES string of the molecule is CCn1cnc2c(NC[C@H](O)CN3CCCCC3)ncnc21. The lowest BCUT2D eigenvalue weighted by molar-refractivity contribution is 0.109. The molecule has 1 aliphatic heterocycles. The quantitative estimate of drug-likeness (QED) is 0.832. The van der Waals surface area contributed by atoms with E-state index in [0.29, 0.717) is 18.9 Å². The van der Waals surface area contributed by atoms with Crippen molar-refractivity contribution < 1.29 is 5.11 Å². The van der Waals surface area contributed by atoms with Crippen LogP contribution in [0.1, 0.15) is 26.2 Å². The standard InChI is InChI=1S/C15H24N6O/c1-2-21-11-19-13-14(17-10-18-15(13)21)16-8-12(22)9-20-6-4-3-5-7-20/h10-12,22H,2-9H2,1H3,(H,16,17,18)/t12-/m0/s1. The lowest BCUT2D eigenvalue weighted by atomic mass is 10.1. The first-order chi connectivity index (χ1) is 10.8. The fourth-order valence-electron chi connectivity index (χ4n) is 2.96. The fourth-order valence-corrected chi connectivity index (χ4v) is 2.96. The highest BCUT2D eigenvalue weighted by Crippen LogP contribution is 2.17. The third-order valence-electron chi connectivity index (χ3n) is 4.16. The zero-order valence-electron chi connectivity index (χ0n) is 13.1. The summed E-state index contributed by atoms with van der Waals surface area (Å²) in [5.41, 5.74) is 1.58. The van der Waals surface area contributed by atoms with Crippen molar-refractivity contribution in [2.24, 2.45) is 0 Å². The summed E-state index contributed by atoms with van der Waals surface area (Å²) >= 11 is 0. The number of anilines is 1. The Kier molecular flexibility index (Phi) is 4.84. The maximum absolute atomic E-state index is 10.2. The third kappa shape index (κ3) is 3.36. The van der Waals surface area contributed by atoms with Crippen LogP contribution in [0.5, 0.6) is 0 Å². The van der Waals surface area contributed by atoms with Gasteiger partial charge in [0.15, 0.2) is 11.5 Å². The van der Waals surface area contributed by atoms with Crippen molar-refractivity contribution in [2.75, 3.05) is 31.5 Å². The average Bonchev–Trinajstić information content (AvgIpc) is 2.97. The van der Waals surface area contributed by atoms with E-state index in [-0.39, 0.29) is 0 Å². The molecule has 22 heavy (non-hydrogen) atoms. The monoisotopic (exact) mass is 304 g/mol. The van der Waals surface area contributed by atoms with E-state index in [0.717, 1.165) is 30.8 Å². The second kappa shape index (κ2) is 7.02. The molecule has 3 heterocycles. The number of aliphatic hydroxyl groups is 1. The number of hydrogen-bond donors (Lipinski definition) is 2. The molecule has 1 fully saturated rings. The van der Waals surface area contributed by atoms with Gasteiger partial charge in [0, 0.05) is 19.6 Å². The molecular formula is C15H24N6O. The number of fused-ring (bicyclic) bond motifs is 1. The zero-order chi connectivity index (χ0) is 15.4. The predicted octanol–water partition coefficient (Wildman–Crippen LogP) is 1.10. The lowest BCUT2D eigenvalue weighted by Gasteiger charge is -2.28. The molecule has 0 unspecified atom stereocenters. The van der Waals surface area contributed by atoms with Crippen LogP contribution < -0.4 is 5.32 Å². The number of hydrogen-bond acceptors (Lipinski definition) is 6. The molecule has 1 atom stereocenters. The summed E-state index contributed by atoms with van der Waals surface area (Å²) in [5.74, 6) is 0.690. The van der Waals surface area contributed by atoms with Gasteiger partial charge in [-0.05, 0) is 32.9 Å². The first kappa shape index (κ1) is 15.2. The highest BCUT2D eigenvalue weighted by molar-refractivity contribution is 5.82. The van der Waals surface area contributed by atoms with Crippen LogP contribution in [0.2, 0.25) is 0 Å². The first-order valence-corrected chi connectivity index (χ1v) is 8.08. The lowest BCUT2D eigenvalue weighted by Crippen LogP contribution is -2.39. The summed E-state index contributed by atoms with van der Waals surface area (Å²) < 4.78 is 1.98. The predicted molar refractivity (Wildman–Crippen MR) is 85.8 cm³/mol. The largest absolute Gasteiger partial charge is 0.390 e. The number of piperidine rings is 1. The van der Waals surface area contributed by atoms with Crippen LogP contribution in [-0.2, 0) is 6.54 Å². The van der Waals surface area contributed by atoms with Crippen LogP contribution in [0.4, 0.5) is 5.82 Å². The number of rotatable bonds is 6. The van der Waals surface area contributed by atoms with Crippen molar-refractivity contribution in [2.45, 2.75) is 38.8 Å². The van der Waals surface area contributed by atoms with E-state index in [1.54, 1.807) is 6.33 Å². The van der Waals surface area contributed by atoms with Crippen molar-refractivity contribution in [3.05, 3.63) is 12.7 Å². The van der Waals surface area contributed by atoms with Gasteiger partial charge in [-0.15, -0.1) is 0 Å². The van der Waals surface area contributed by atoms with Gasteiger partial charge in [0.25, 0.3) is 0 Å². The summed E-state index contributed by atoms with van der Waals surface area (Å²) in [7, 11) is 0. The minimum absolute atomic E-state index is 0.406. The number of aryl methyl sites for hydroxylation is 1. The summed E-state index contributed by atoms with van der Waals surface area (Å²) in [6.45, 7) is 6.25. The summed E-state index contributed by atoms with van der Waals surface area (Å²) in [4.78, 5) is 15.2. The van der Waals surface area contributed by atoms with E-state index >= 15 is 0 Å². The molecule has 7 nitrogen and oxygen atoms in total. The van der Waals surface area contributed by atoms with Gasteiger partial charge >= 0.3 is 0 Å². The second-order valence-corrected chi connectivity index (χ2v) is 5.82. The van der Waals surface area contributed by atoms with Crippen molar-refractivity contribution in [3.8, 4) is 0 Å². The Morgan fingerprint density at radius 3 is 2.82 bits per heavy atom. The second-order valence-electron chi connectivity index (χ2n) is 5.82. The Bertz CT molecular complexity index is 607. The smallest absolute Gasteiger partial charge is 0.165 e. The van der Waals surface area contributed by atoms with Crippen LogP contribution in [0.15, 0.2) is 12.7 Å². The Morgan fingerprint density at radius 1 is 1.23 bits per heavy atom. The van der Waals surface area contributed by atoms with Crippen molar-refractivity contribution in [3.63, 3.8) is 0 Å². The zero-order valence-corrected chi connectivity index (χ0v) is 13.1. The van der Waals surface area contributed by atoms with Crippen LogP contribution in [0.25, 0.3) is 11.2 Å². The Balaban J connectivity index is 1.60. The van der Waals surface area contributed by atoms with Crippen LogP contribution in [-0.4, -0.2) is 61.8 Å². The van der Waals surface area contributed by atoms with Gasteiger partial charge in [0.05, 0.1) is 12.4 Å². The van der Waals surface area contributed by atoms with Gasteiger partial charge in [-0.1, -0.05) is 6.42 Å². The molecule has 0 aliphatic carbocycles. The van der Waals surface area contributed by atoms with Gasteiger partial charge in [-0.3, -0.25) is 0 Å². The van der Waals surface area contributed by atoms with Crippen molar-refractivity contribution in [1.82, 2.24) is 24.4 Å². The Morgan fingerprint density at radius 2 is 2.05 bits per heavy atom. The molecule has 0 spiro atoms. The van der Waals surface area contributed by atoms with E-state index in [4.69, 9.17) is 0 Å².